The maximum atomic E-state index is 6.34. The highest BCUT2D eigenvalue weighted by molar-refractivity contribution is 6.19. The molecular weight excluding hydrogens is 693 g/mol. The molecule has 0 N–H and O–H groups in total. The Bertz CT molecular complexity index is 3470. The third kappa shape index (κ3) is 4.92. The van der Waals surface area contributed by atoms with Gasteiger partial charge in [-0.05, 0) is 82.4 Å². The lowest BCUT2D eigenvalue weighted by atomic mass is 9.98. The summed E-state index contributed by atoms with van der Waals surface area (Å²) < 4.78 is 11.2. The molecule has 12 rings (SSSR count). The van der Waals surface area contributed by atoms with Crippen LogP contribution < -0.4 is 0 Å². The van der Waals surface area contributed by atoms with E-state index in [1.807, 2.05) is 12.1 Å². The summed E-state index contributed by atoms with van der Waals surface area (Å²) in [6, 6.07) is 74.4. The Kier molecular flexibility index (Phi) is 6.93. The van der Waals surface area contributed by atoms with Gasteiger partial charge in [0.15, 0.2) is 0 Å². The van der Waals surface area contributed by atoms with Gasteiger partial charge in [-0.15, -0.1) is 0 Å². The number of para-hydroxylation sites is 4. The van der Waals surface area contributed by atoms with Crippen LogP contribution in [0.5, 0.6) is 0 Å². The Balaban J connectivity index is 0.950. The second-order valence-electron chi connectivity index (χ2n) is 14.9. The summed E-state index contributed by atoms with van der Waals surface area (Å²) in [5, 5.41) is 7.26. The molecule has 9 aromatic carbocycles. The van der Waals surface area contributed by atoms with Gasteiger partial charge < -0.3 is 13.6 Å². The molecule has 0 aliphatic heterocycles. The van der Waals surface area contributed by atoms with Crippen molar-refractivity contribution in [3.63, 3.8) is 0 Å². The van der Waals surface area contributed by atoms with Crippen molar-refractivity contribution in [2.45, 2.75) is 0 Å². The maximum absolute atomic E-state index is 6.34. The number of hydrogen-bond acceptors (Lipinski definition) is 1. The number of rotatable bonds is 5. The molecule has 3 nitrogen and oxygen atoms in total. The van der Waals surface area contributed by atoms with Crippen LogP contribution >= 0.6 is 0 Å². The second kappa shape index (κ2) is 12.5. The van der Waals surface area contributed by atoms with E-state index in [9.17, 15) is 0 Å². The first-order chi connectivity index (χ1) is 28.3. The summed E-state index contributed by atoms with van der Waals surface area (Å²) in [5.41, 5.74) is 16.0. The summed E-state index contributed by atoms with van der Waals surface area (Å²) in [4.78, 5) is 0. The molecule has 12 aromatic rings. The molecule has 0 radical (unpaired) electrons. The molecule has 0 bridgehead atoms. The van der Waals surface area contributed by atoms with Crippen molar-refractivity contribution in [2.24, 2.45) is 0 Å². The standard InChI is InChI=1S/C54H34N2O/c1-2-11-35(12-3-1)37-25-29-40(30-26-37)55-49-18-7-4-13-43(49)47-34-52-48(33-51(47)55)44-14-5-8-19-50(44)56(52)41-31-27-38(28-32-41)36-21-23-39(24-22-36)42-16-10-17-46-45-15-6-9-20-53(45)57-54(42)46/h1-34H. The van der Waals surface area contributed by atoms with Gasteiger partial charge in [-0.1, -0.05) is 152 Å². The summed E-state index contributed by atoms with van der Waals surface area (Å²) in [5.74, 6) is 0. The lowest BCUT2D eigenvalue weighted by Gasteiger charge is -2.11. The topological polar surface area (TPSA) is 23.0 Å². The van der Waals surface area contributed by atoms with E-state index >= 15 is 0 Å². The largest absolute Gasteiger partial charge is 0.455 e. The predicted molar refractivity (Wildman–Crippen MR) is 239 cm³/mol. The van der Waals surface area contributed by atoms with Gasteiger partial charge in [0.05, 0.1) is 22.1 Å². The molecule has 0 saturated heterocycles. The van der Waals surface area contributed by atoms with E-state index in [1.165, 1.54) is 65.9 Å². The van der Waals surface area contributed by atoms with Crippen molar-refractivity contribution < 1.29 is 4.42 Å². The SMILES string of the molecule is c1ccc(-c2ccc(-n3c4ccccc4c4cc5c(cc43)c3ccccc3n5-c3ccc(-c4ccc(-c5cccc6c5oc5ccccc56)cc4)cc3)cc2)cc1. The number of nitrogens with zero attached hydrogens (tertiary/aromatic N) is 2. The fraction of sp³-hybridized carbons (Fsp3) is 0. The Labute approximate surface area is 328 Å². The number of benzene rings is 9. The molecule has 0 fully saturated rings. The number of fused-ring (bicyclic) bond motifs is 9. The first-order valence-corrected chi connectivity index (χ1v) is 19.5. The minimum atomic E-state index is 0.918. The first-order valence-electron chi connectivity index (χ1n) is 19.5. The fourth-order valence-electron chi connectivity index (χ4n) is 9.04. The highest BCUT2D eigenvalue weighted by Gasteiger charge is 2.19. The quantitative estimate of drug-likeness (QED) is 0.173. The van der Waals surface area contributed by atoms with Crippen LogP contribution in [0.2, 0.25) is 0 Å². The van der Waals surface area contributed by atoms with Crippen molar-refractivity contribution >= 4 is 65.6 Å². The molecule has 0 saturated carbocycles. The minimum Gasteiger partial charge on any atom is -0.455 e. The molecule has 0 spiro atoms. The van der Waals surface area contributed by atoms with Gasteiger partial charge in [0.2, 0.25) is 0 Å². The van der Waals surface area contributed by atoms with Gasteiger partial charge >= 0.3 is 0 Å². The van der Waals surface area contributed by atoms with Gasteiger partial charge in [-0.2, -0.15) is 0 Å². The smallest absolute Gasteiger partial charge is 0.143 e. The van der Waals surface area contributed by atoms with E-state index < -0.39 is 0 Å². The molecular formula is C54H34N2O. The highest BCUT2D eigenvalue weighted by Crippen LogP contribution is 2.41. The Morgan fingerprint density at radius 1 is 0.281 bits per heavy atom. The lowest BCUT2D eigenvalue weighted by Crippen LogP contribution is -1.95. The van der Waals surface area contributed by atoms with E-state index in [1.54, 1.807) is 0 Å². The summed E-state index contributed by atoms with van der Waals surface area (Å²) >= 11 is 0. The van der Waals surface area contributed by atoms with Crippen LogP contribution in [-0.4, -0.2) is 9.13 Å². The van der Waals surface area contributed by atoms with Gasteiger partial charge in [0, 0.05) is 49.3 Å². The lowest BCUT2D eigenvalue weighted by molar-refractivity contribution is 0.670. The van der Waals surface area contributed by atoms with Crippen molar-refractivity contribution in [1.29, 1.82) is 0 Å². The molecule has 0 atom stereocenters. The van der Waals surface area contributed by atoms with Crippen molar-refractivity contribution in [3.8, 4) is 44.8 Å². The molecule has 0 aliphatic rings. The molecule has 0 aliphatic carbocycles. The van der Waals surface area contributed by atoms with E-state index in [-0.39, 0.29) is 0 Å². The van der Waals surface area contributed by atoms with Gasteiger partial charge in [0.25, 0.3) is 0 Å². The number of hydrogen-bond donors (Lipinski definition) is 0. The van der Waals surface area contributed by atoms with Gasteiger partial charge in [-0.25, -0.2) is 0 Å². The van der Waals surface area contributed by atoms with Crippen LogP contribution in [0.4, 0.5) is 0 Å². The monoisotopic (exact) mass is 726 g/mol. The van der Waals surface area contributed by atoms with E-state index in [0.29, 0.717) is 0 Å². The van der Waals surface area contributed by atoms with Crippen molar-refractivity contribution in [1.82, 2.24) is 9.13 Å². The maximum Gasteiger partial charge on any atom is 0.143 e. The Hall–Kier alpha value is -7.62. The summed E-state index contributed by atoms with van der Waals surface area (Å²) in [6.45, 7) is 0. The van der Waals surface area contributed by atoms with Crippen LogP contribution in [0.1, 0.15) is 0 Å². The number of aromatic nitrogens is 2. The van der Waals surface area contributed by atoms with Crippen LogP contribution in [0.15, 0.2) is 211 Å². The minimum absolute atomic E-state index is 0.918. The molecule has 57 heavy (non-hydrogen) atoms. The first kappa shape index (κ1) is 31.7. The summed E-state index contributed by atoms with van der Waals surface area (Å²) in [6.07, 6.45) is 0. The predicted octanol–water partition coefficient (Wildman–Crippen LogP) is 14.8. The third-order valence-corrected chi connectivity index (χ3v) is 11.8. The van der Waals surface area contributed by atoms with Crippen molar-refractivity contribution in [3.05, 3.63) is 206 Å². The second-order valence-corrected chi connectivity index (χ2v) is 14.9. The van der Waals surface area contributed by atoms with Crippen LogP contribution in [0.25, 0.3) is 110 Å². The van der Waals surface area contributed by atoms with Crippen LogP contribution in [0.3, 0.4) is 0 Å². The number of furan rings is 1. The van der Waals surface area contributed by atoms with Crippen LogP contribution in [0, 0.1) is 0 Å². The van der Waals surface area contributed by atoms with E-state index in [2.05, 4.69) is 203 Å². The molecule has 266 valence electrons. The fourth-order valence-corrected chi connectivity index (χ4v) is 9.04. The molecule has 3 heteroatoms. The van der Waals surface area contributed by atoms with Crippen LogP contribution in [-0.2, 0) is 0 Å². The van der Waals surface area contributed by atoms with Crippen molar-refractivity contribution in [2.75, 3.05) is 0 Å². The Morgan fingerprint density at radius 3 is 1.30 bits per heavy atom. The zero-order chi connectivity index (χ0) is 37.5. The third-order valence-electron chi connectivity index (χ3n) is 11.8. The average Bonchev–Trinajstić information content (AvgIpc) is 3.94. The highest BCUT2D eigenvalue weighted by atomic mass is 16.3. The Morgan fingerprint density at radius 2 is 0.719 bits per heavy atom. The summed E-state index contributed by atoms with van der Waals surface area (Å²) in [7, 11) is 0. The zero-order valence-corrected chi connectivity index (χ0v) is 30.9. The van der Waals surface area contributed by atoms with E-state index in [4.69, 9.17) is 4.42 Å². The van der Waals surface area contributed by atoms with Gasteiger partial charge in [-0.3, -0.25) is 0 Å². The molecule has 3 aromatic heterocycles. The van der Waals surface area contributed by atoms with Gasteiger partial charge in [0.1, 0.15) is 11.2 Å². The zero-order valence-electron chi connectivity index (χ0n) is 30.9. The molecule has 0 amide bonds. The molecule has 0 unspecified atom stereocenters. The average molecular weight is 727 g/mol. The molecule has 3 heterocycles. The van der Waals surface area contributed by atoms with E-state index in [0.717, 1.165) is 44.4 Å². The normalized spacial score (nSPS) is 11.9.